The van der Waals surface area contributed by atoms with Crippen LogP contribution in [0.3, 0.4) is 0 Å². The van der Waals surface area contributed by atoms with Crippen molar-refractivity contribution >= 4 is 15.7 Å². The second kappa shape index (κ2) is 9.56. The summed E-state index contributed by atoms with van der Waals surface area (Å²) in [6, 6.07) is 13.4. The highest BCUT2D eigenvalue weighted by atomic mass is 32.2. The van der Waals surface area contributed by atoms with Gasteiger partial charge in [-0.05, 0) is 55.1 Å². The lowest BCUT2D eigenvalue weighted by atomic mass is 10.2. The Morgan fingerprint density at radius 3 is 2.15 bits per heavy atom. The minimum atomic E-state index is -3.62. The topological polar surface area (TPSA) is 84.7 Å². The minimum absolute atomic E-state index is 0.203. The summed E-state index contributed by atoms with van der Waals surface area (Å²) in [5, 5.41) is 0. The highest BCUT2D eigenvalue weighted by molar-refractivity contribution is 7.92. The fraction of sp³-hybridized carbons (Fsp3) is 0.368. The molecular formula is C19H27N3O3S. The molecule has 0 amide bonds. The molecule has 0 fully saturated rings. The highest BCUT2D eigenvalue weighted by Gasteiger charge is 2.14. The highest BCUT2D eigenvalue weighted by Crippen LogP contribution is 2.20. The average molecular weight is 378 g/mol. The van der Waals surface area contributed by atoms with E-state index in [1.54, 1.807) is 48.5 Å². The van der Waals surface area contributed by atoms with Gasteiger partial charge >= 0.3 is 0 Å². The molecule has 6 nitrogen and oxygen atoms in total. The molecule has 2 rings (SSSR count). The van der Waals surface area contributed by atoms with Crippen LogP contribution in [0, 0.1) is 0 Å². The van der Waals surface area contributed by atoms with Gasteiger partial charge in [0, 0.05) is 18.8 Å². The van der Waals surface area contributed by atoms with Gasteiger partial charge in [0.15, 0.2) is 0 Å². The first kappa shape index (κ1) is 20.2. The van der Waals surface area contributed by atoms with Crippen LogP contribution in [0.2, 0.25) is 0 Å². The lowest BCUT2D eigenvalue weighted by molar-refractivity contribution is 0.223. The number of ether oxygens (including phenoxy) is 1. The Morgan fingerprint density at radius 1 is 1.00 bits per heavy atom. The molecule has 142 valence electrons. The molecule has 2 aromatic carbocycles. The zero-order valence-corrected chi connectivity index (χ0v) is 16.1. The molecule has 0 bridgehead atoms. The van der Waals surface area contributed by atoms with Crippen LogP contribution in [0.1, 0.15) is 19.4 Å². The Labute approximate surface area is 156 Å². The van der Waals surface area contributed by atoms with Crippen molar-refractivity contribution in [2.24, 2.45) is 5.73 Å². The van der Waals surface area contributed by atoms with Crippen molar-refractivity contribution in [3.8, 4) is 5.75 Å². The molecule has 0 atom stereocenters. The Hall–Kier alpha value is -2.09. The lowest BCUT2D eigenvalue weighted by Crippen LogP contribution is -2.27. The SMILES string of the molecule is CCN(CC)CCOc1ccc(NS(=O)(=O)c2ccc(CN)cc2)cc1. The van der Waals surface area contributed by atoms with Crippen LogP contribution in [0.25, 0.3) is 0 Å². The molecule has 0 heterocycles. The number of sulfonamides is 1. The number of nitrogens with two attached hydrogens (primary N) is 1. The number of hydrogen-bond acceptors (Lipinski definition) is 5. The summed E-state index contributed by atoms with van der Waals surface area (Å²) in [7, 11) is -3.62. The molecule has 2 aromatic rings. The maximum absolute atomic E-state index is 12.4. The average Bonchev–Trinajstić information content (AvgIpc) is 2.66. The van der Waals surface area contributed by atoms with E-state index in [0.717, 1.165) is 25.2 Å². The largest absolute Gasteiger partial charge is 0.492 e. The van der Waals surface area contributed by atoms with Crippen molar-refractivity contribution in [3.63, 3.8) is 0 Å². The van der Waals surface area contributed by atoms with Crippen LogP contribution >= 0.6 is 0 Å². The molecule has 3 N–H and O–H groups in total. The molecule has 0 aromatic heterocycles. The van der Waals surface area contributed by atoms with Crippen molar-refractivity contribution < 1.29 is 13.2 Å². The number of rotatable bonds is 10. The van der Waals surface area contributed by atoms with E-state index in [2.05, 4.69) is 23.5 Å². The molecule has 0 spiro atoms. The third-order valence-corrected chi connectivity index (χ3v) is 5.54. The first-order chi connectivity index (χ1) is 12.5. The molecule has 0 aliphatic heterocycles. The molecule has 0 saturated heterocycles. The second-order valence-electron chi connectivity index (χ2n) is 5.85. The molecular weight excluding hydrogens is 350 g/mol. The monoisotopic (exact) mass is 377 g/mol. The molecule has 0 aliphatic rings. The number of nitrogens with zero attached hydrogens (tertiary/aromatic N) is 1. The third kappa shape index (κ3) is 5.72. The summed E-state index contributed by atoms with van der Waals surface area (Å²) in [4.78, 5) is 2.48. The van der Waals surface area contributed by atoms with Gasteiger partial charge in [0.2, 0.25) is 0 Å². The van der Waals surface area contributed by atoms with E-state index in [1.807, 2.05) is 0 Å². The molecule has 26 heavy (non-hydrogen) atoms. The van der Waals surface area contributed by atoms with E-state index in [0.29, 0.717) is 24.6 Å². The zero-order valence-electron chi connectivity index (χ0n) is 15.3. The molecule has 0 saturated carbocycles. The second-order valence-corrected chi connectivity index (χ2v) is 7.54. The summed E-state index contributed by atoms with van der Waals surface area (Å²) >= 11 is 0. The van der Waals surface area contributed by atoms with E-state index >= 15 is 0 Å². The van der Waals surface area contributed by atoms with Crippen LogP contribution < -0.4 is 15.2 Å². The number of nitrogens with one attached hydrogen (secondary N) is 1. The van der Waals surface area contributed by atoms with Crippen LogP contribution in [0.5, 0.6) is 5.75 Å². The van der Waals surface area contributed by atoms with Crippen molar-refractivity contribution in [1.82, 2.24) is 4.90 Å². The summed E-state index contributed by atoms with van der Waals surface area (Å²) in [6.45, 7) is 8.06. The molecule has 0 aliphatic carbocycles. The minimum Gasteiger partial charge on any atom is -0.492 e. The zero-order chi connectivity index (χ0) is 19.0. The van der Waals surface area contributed by atoms with E-state index in [1.165, 1.54) is 0 Å². The van der Waals surface area contributed by atoms with Crippen molar-refractivity contribution in [3.05, 3.63) is 54.1 Å². The number of hydrogen-bond donors (Lipinski definition) is 2. The Morgan fingerprint density at radius 2 is 1.62 bits per heavy atom. The molecule has 7 heteroatoms. The van der Waals surface area contributed by atoms with Gasteiger partial charge in [0.1, 0.15) is 12.4 Å². The molecule has 0 unspecified atom stereocenters. The van der Waals surface area contributed by atoms with Gasteiger partial charge in [-0.3, -0.25) is 4.72 Å². The van der Waals surface area contributed by atoms with Gasteiger partial charge in [-0.2, -0.15) is 0 Å². The van der Waals surface area contributed by atoms with Gasteiger partial charge in [-0.25, -0.2) is 8.42 Å². The van der Waals surface area contributed by atoms with Crippen molar-refractivity contribution in [2.45, 2.75) is 25.3 Å². The van der Waals surface area contributed by atoms with Gasteiger partial charge < -0.3 is 15.4 Å². The van der Waals surface area contributed by atoms with E-state index in [-0.39, 0.29) is 4.90 Å². The van der Waals surface area contributed by atoms with Crippen LogP contribution in [0.15, 0.2) is 53.4 Å². The smallest absolute Gasteiger partial charge is 0.261 e. The Bertz CT molecular complexity index is 771. The first-order valence-corrected chi connectivity index (χ1v) is 10.2. The predicted molar refractivity (Wildman–Crippen MR) is 105 cm³/mol. The fourth-order valence-electron chi connectivity index (χ4n) is 2.47. The lowest BCUT2D eigenvalue weighted by Gasteiger charge is -2.18. The van der Waals surface area contributed by atoms with Crippen molar-refractivity contribution in [2.75, 3.05) is 31.0 Å². The predicted octanol–water partition coefficient (Wildman–Crippen LogP) is 2.67. The summed E-state index contributed by atoms with van der Waals surface area (Å²) in [6.07, 6.45) is 0. The molecule has 0 radical (unpaired) electrons. The standard InChI is InChI=1S/C19H27N3O3S/c1-3-22(4-2)13-14-25-18-9-7-17(8-10-18)21-26(23,24)19-11-5-16(15-20)6-12-19/h5-12,21H,3-4,13-15,20H2,1-2H3. The normalized spacial score (nSPS) is 11.5. The fourth-order valence-corrected chi connectivity index (χ4v) is 3.53. The van der Waals surface area contributed by atoms with Gasteiger partial charge in [-0.15, -0.1) is 0 Å². The Balaban J connectivity index is 1.95. The van der Waals surface area contributed by atoms with E-state index < -0.39 is 10.0 Å². The summed E-state index contributed by atoms with van der Waals surface area (Å²) in [5.74, 6) is 0.715. The number of anilines is 1. The van der Waals surface area contributed by atoms with Gasteiger partial charge in [0.05, 0.1) is 4.90 Å². The Kier molecular flexibility index (Phi) is 7.44. The van der Waals surface area contributed by atoms with E-state index in [9.17, 15) is 8.42 Å². The van der Waals surface area contributed by atoms with Crippen molar-refractivity contribution in [1.29, 1.82) is 0 Å². The summed E-state index contributed by atoms with van der Waals surface area (Å²) < 4.78 is 33.1. The summed E-state index contributed by atoms with van der Waals surface area (Å²) in [5.41, 5.74) is 6.91. The van der Waals surface area contributed by atoms with Crippen LogP contribution in [0.4, 0.5) is 5.69 Å². The number of likely N-dealkylation sites (N-methyl/N-ethyl adjacent to an activating group) is 1. The van der Waals surface area contributed by atoms with Gasteiger partial charge in [0.25, 0.3) is 10.0 Å². The maximum Gasteiger partial charge on any atom is 0.261 e. The van der Waals surface area contributed by atoms with Gasteiger partial charge in [-0.1, -0.05) is 26.0 Å². The third-order valence-electron chi connectivity index (χ3n) is 4.15. The maximum atomic E-state index is 12.4. The van der Waals surface area contributed by atoms with E-state index in [4.69, 9.17) is 10.5 Å². The quantitative estimate of drug-likeness (QED) is 0.665. The first-order valence-electron chi connectivity index (χ1n) is 8.75. The van der Waals surface area contributed by atoms with Crippen LogP contribution in [-0.2, 0) is 16.6 Å². The number of benzene rings is 2. The van der Waals surface area contributed by atoms with Crippen LogP contribution in [-0.4, -0.2) is 39.6 Å².